The van der Waals surface area contributed by atoms with Gasteiger partial charge in [0, 0.05) is 0 Å². The maximum absolute atomic E-state index is 11.7. The molecule has 1 atom stereocenters. The van der Waals surface area contributed by atoms with Crippen LogP contribution in [0.4, 0.5) is 0 Å². The Morgan fingerprint density at radius 1 is 1.27 bits per heavy atom. The maximum Gasteiger partial charge on any atom is 0.313 e. The zero-order valence-electron chi connectivity index (χ0n) is 9.49. The molecule has 0 saturated carbocycles. The normalized spacial score (nSPS) is 13.3. The molecule has 0 aliphatic rings. The summed E-state index contributed by atoms with van der Waals surface area (Å²) < 4.78 is 5.25. The molecular formula is C13H17O2. The molecule has 2 nitrogen and oxygen atoms in total. The fraction of sp³-hybridized carbons (Fsp3) is 0.385. The molecule has 0 aliphatic heterocycles. The van der Waals surface area contributed by atoms with Crippen LogP contribution in [-0.2, 0) is 9.53 Å². The van der Waals surface area contributed by atoms with Gasteiger partial charge in [-0.15, -0.1) is 0 Å². The predicted octanol–water partition coefficient (Wildman–Crippen LogP) is 2.95. The zero-order valence-corrected chi connectivity index (χ0v) is 9.49. The first-order valence-electron chi connectivity index (χ1n) is 5.01. The minimum atomic E-state index is -0.457. The van der Waals surface area contributed by atoms with Crippen molar-refractivity contribution in [2.75, 3.05) is 0 Å². The number of rotatable bonds is 2. The highest BCUT2D eigenvalue weighted by Gasteiger charge is 2.22. The first kappa shape index (κ1) is 11.8. The van der Waals surface area contributed by atoms with Gasteiger partial charge in [-0.25, -0.2) is 0 Å². The van der Waals surface area contributed by atoms with E-state index in [0.29, 0.717) is 0 Å². The van der Waals surface area contributed by atoms with Crippen LogP contribution < -0.4 is 0 Å². The molecule has 0 saturated heterocycles. The fourth-order valence-corrected chi connectivity index (χ4v) is 1.19. The van der Waals surface area contributed by atoms with Crippen LogP contribution in [0.2, 0.25) is 0 Å². The Labute approximate surface area is 91.3 Å². The second-order valence-corrected chi connectivity index (χ2v) is 4.50. The van der Waals surface area contributed by atoms with Gasteiger partial charge in [0.15, 0.2) is 0 Å². The molecule has 0 aromatic heterocycles. The van der Waals surface area contributed by atoms with Crippen LogP contribution in [0.1, 0.15) is 32.3 Å². The molecule has 2 heteroatoms. The van der Waals surface area contributed by atoms with Crippen molar-refractivity contribution < 1.29 is 9.53 Å². The molecule has 0 N–H and O–H groups in total. The van der Waals surface area contributed by atoms with E-state index in [1.165, 1.54) is 0 Å². The van der Waals surface area contributed by atoms with Gasteiger partial charge in [0.2, 0.25) is 0 Å². The van der Waals surface area contributed by atoms with Crippen molar-refractivity contribution in [1.82, 2.24) is 0 Å². The highest BCUT2D eigenvalue weighted by molar-refractivity contribution is 5.79. The molecule has 0 amide bonds. The fourth-order valence-electron chi connectivity index (χ4n) is 1.19. The van der Waals surface area contributed by atoms with Crippen LogP contribution in [0, 0.1) is 6.92 Å². The molecule has 0 fully saturated rings. The molecule has 1 aromatic rings. The lowest BCUT2D eigenvalue weighted by Crippen LogP contribution is -2.26. The lowest BCUT2D eigenvalue weighted by Gasteiger charge is -2.22. The number of hydrogen-bond acceptors (Lipinski definition) is 2. The first-order valence-corrected chi connectivity index (χ1v) is 5.01. The Hall–Kier alpha value is -1.31. The Bertz CT molecular complexity index is 322. The summed E-state index contributed by atoms with van der Waals surface area (Å²) in [6, 6.07) is 9.43. The van der Waals surface area contributed by atoms with Gasteiger partial charge >= 0.3 is 5.97 Å². The zero-order chi connectivity index (χ0) is 11.5. The third-order valence-corrected chi connectivity index (χ3v) is 1.89. The van der Waals surface area contributed by atoms with E-state index in [1.54, 1.807) is 0 Å². The van der Waals surface area contributed by atoms with Gasteiger partial charge in [-0.2, -0.15) is 0 Å². The molecule has 0 spiro atoms. The molecule has 1 unspecified atom stereocenters. The van der Waals surface area contributed by atoms with Crippen molar-refractivity contribution in [2.45, 2.75) is 32.3 Å². The Balaban J connectivity index is 2.70. The molecular weight excluding hydrogens is 188 g/mol. The number of benzene rings is 1. The van der Waals surface area contributed by atoms with Gasteiger partial charge in [0.25, 0.3) is 0 Å². The van der Waals surface area contributed by atoms with Gasteiger partial charge < -0.3 is 4.74 Å². The summed E-state index contributed by atoms with van der Waals surface area (Å²) in [5, 5.41) is 0. The maximum atomic E-state index is 11.7. The standard InChI is InChI=1S/C13H17O2/c1-10(11-8-6-5-7-9-11)12(14)15-13(2,3)4/h5-10H,1H2,2-4H3. The highest BCUT2D eigenvalue weighted by atomic mass is 16.6. The van der Waals surface area contributed by atoms with Crippen LogP contribution in [0.5, 0.6) is 0 Å². The van der Waals surface area contributed by atoms with Gasteiger partial charge in [-0.3, -0.25) is 4.79 Å². The molecule has 1 radical (unpaired) electrons. The second-order valence-electron chi connectivity index (χ2n) is 4.50. The van der Waals surface area contributed by atoms with Crippen LogP contribution in [0.25, 0.3) is 0 Å². The smallest absolute Gasteiger partial charge is 0.313 e. The number of carbonyl (C=O) groups excluding carboxylic acids is 1. The van der Waals surface area contributed by atoms with Gasteiger partial charge in [-0.1, -0.05) is 30.3 Å². The van der Waals surface area contributed by atoms with Gasteiger partial charge in [0.1, 0.15) is 5.60 Å². The van der Waals surface area contributed by atoms with E-state index in [4.69, 9.17) is 4.74 Å². The Kier molecular flexibility index (Phi) is 3.51. The summed E-state index contributed by atoms with van der Waals surface area (Å²) in [5.41, 5.74) is 0.425. The monoisotopic (exact) mass is 205 g/mol. The van der Waals surface area contributed by atoms with Gasteiger partial charge in [-0.05, 0) is 33.3 Å². The number of hydrogen-bond donors (Lipinski definition) is 0. The van der Waals surface area contributed by atoms with Crippen molar-refractivity contribution in [3.05, 3.63) is 42.8 Å². The summed E-state index contributed by atoms with van der Waals surface area (Å²) in [4.78, 5) is 11.7. The Morgan fingerprint density at radius 2 is 1.80 bits per heavy atom. The summed E-state index contributed by atoms with van der Waals surface area (Å²) in [5.74, 6) is -0.737. The topological polar surface area (TPSA) is 26.3 Å². The van der Waals surface area contributed by atoms with Crippen molar-refractivity contribution >= 4 is 5.97 Å². The van der Waals surface area contributed by atoms with Crippen LogP contribution in [0.3, 0.4) is 0 Å². The number of esters is 1. The van der Waals surface area contributed by atoms with Crippen LogP contribution in [0.15, 0.2) is 30.3 Å². The predicted molar refractivity (Wildman–Crippen MR) is 60.4 cm³/mol. The largest absolute Gasteiger partial charge is 0.459 e. The summed E-state index contributed by atoms with van der Waals surface area (Å²) in [6.07, 6.45) is 0. The van der Waals surface area contributed by atoms with E-state index < -0.39 is 11.5 Å². The SMILES string of the molecule is [CH2]C(C(=O)OC(C)(C)C)c1ccccc1. The van der Waals surface area contributed by atoms with E-state index >= 15 is 0 Å². The lowest BCUT2D eigenvalue weighted by atomic mass is 10.0. The van der Waals surface area contributed by atoms with Crippen molar-refractivity contribution in [3.8, 4) is 0 Å². The van der Waals surface area contributed by atoms with E-state index in [2.05, 4.69) is 6.92 Å². The number of carbonyl (C=O) groups is 1. The molecule has 0 bridgehead atoms. The van der Waals surface area contributed by atoms with Crippen molar-refractivity contribution in [3.63, 3.8) is 0 Å². The summed E-state index contributed by atoms with van der Waals surface area (Å²) in [7, 11) is 0. The molecule has 0 heterocycles. The average Bonchev–Trinajstić information content (AvgIpc) is 2.15. The minimum absolute atomic E-state index is 0.284. The second kappa shape index (κ2) is 4.47. The van der Waals surface area contributed by atoms with Crippen LogP contribution >= 0.6 is 0 Å². The third-order valence-electron chi connectivity index (χ3n) is 1.89. The third kappa shape index (κ3) is 3.74. The summed E-state index contributed by atoms with van der Waals surface area (Å²) >= 11 is 0. The Morgan fingerprint density at radius 3 is 2.27 bits per heavy atom. The number of ether oxygens (including phenoxy) is 1. The van der Waals surface area contributed by atoms with E-state index in [0.717, 1.165) is 5.56 Å². The highest BCUT2D eigenvalue weighted by Crippen LogP contribution is 2.19. The average molecular weight is 205 g/mol. The van der Waals surface area contributed by atoms with E-state index in [-0.39, 0.29) is 5.97 Å². The molecule has 0 aliphatic carbocycles. The molecule has 81 valence electrons. The van der Waals surface area contributed by atoms with Crippen LogP contribution in [-0.4, -0.2) is 11.6 Å². The van der Waals surface area contributed by atoms with Crippen molar-refractivity contribution in [1.29, 1.82) is 0 Å². The van der Waals surface area contributed by atoms with Gasteiger partial charge in [0.05, 0.1) is 5.92 Å². The molecule has 15 heavy (non-hydrogen) atoms. The quantitative estimate of drug-likeness (QED) is 0.694. The van der Waals surface area contributed by atoms with E-state index in [9.17, 15) is 4.79 Å². The summed E-state index contributed by atoms with van der Waals surface area (Å²) in [6.45, 7) is 9.37. The van der Waals surface area contributed by atoms with E-state index in [1.807, 2.05) is 51.1 Å². The minimum Gasteiger partial charge on any atom is -0.459 e. The van der Waals surface area contributed by atoms with Crippen molar-refractivity contribution in [2.24, 2.45) is 0 Å². The lowest BCUT2D eigenvalue weighted by molar-refractivity contribution is -0.155. The first-order chi connectivity index (χ1) is 6.90. The molecule has 1 rings (SSSR count). The molecule has 1 aromatic carbocycles.